The molecule has 1 aliphatic carbocycles. The first-order valence-corrected chi connectivity index (χ1v) is 7.45. The SMILES string of the molecule is CCCCCCCCOCCC1CCCC1=O. The van der Waals surface area contributed by atoms with E-state index in [0.29, 0.717) is 11.7 Å². The Morgan fingerprint density at radius 3 is 2.59 bits per heavy atom. The summed E-state index contributed by atoms with van der Waals surface area (Å²) in [5.74, 6) is 0.785. The standard InChI is InChI=1S/C15H28O2/c1-2-3-4-5-6-7-12-17-13-11-14-9-8-10-15(14)16/h14H,2-13H2,1H3. The van der Waals surface area contributed by atoms with Crippen molar-refractivity contribution in [2.24, 2.45) is 5.92 Å². The first-order valence-electron chi connectivity index (χ1n) is 7.45. The number of hydrogen-bond donors (Lipinski definition) is 0. The van der Waals surface area contributed by atoms with Crippen molar-refractivity contribution < 1.29 is 9.53 Å². The Hall–Kier alpha value is -0.370. The number of unbranched alkanes of at least 4 members (excludes halogenated alkanes) is 5. The summed E-state index contributed by atoms with van der Waals surface area (Å²) in [6, 6.07) is 0. The summed E-state index contributed by atoms with van der Waals surface area (Å²) >= 11 is 0. The molecule has 0 aromatic heterocycles. The summed E-state index contributed by atoms with van der Waals surface area (Å²) in [7, 11) is 0. The first-order chi connectivity index (χ1) is 8.34. The molecule has 1 aliphatic rings. The van der Waals surface area contributed by atoms with Crippen LogP contribution >= 0.6 is 0 Å². The highest BCUT2D eigenvalue weighted by molar-refractivity contribution is 5.82. The smallest absolute Gasteiger partial charge is 0.136 e. The normalized spacial score (nSPS) is 20.1. The molecule has 17 heavy (non-hydrogen) atoms. The van der Waals surface area contributed by atoms with Gasteiger partial charge in [0.1, 0.15) is 5.78 Å². The monoisotopic (exact) mass is 240 g/mol. The van der Waals surface area contributed by atoms with Crippen molar-refractivity contribution in [3.8, 4) is 0 Å². The van der Waals surface area contributed by atoms with E-state index in [1.165, 1.54) is 38.5 Å². The Morgan fingerprint density at radius 1 is 1.12 bits per heavy atom. The number of ketones is 1. The van der Waals surface area contributed by atoms with E-state index in [4.69, 9.17) is 4.74 Å². The van der Waals surface area contributed by atoms with E-state index in [1.807, 2.05) is 0 Å². The van der Waals surface area contributed by atoms with Gasteiger partial charge in [0.2, 0.25) is 0 Å². The number of ether oxygens (including phenoxy) is 1. The van der Waals surface area contributed by atoms with Gasteiger partial charge >= 0.3 is 0 Å². The molecular formula is C15H28O2. The lowest BCUT2D eigenvalue weighted by Crippen LogP contribution is -2.10. The molecule has 1 saturated carbocycles. The molecule has 0 radical (unpaired) electrons. The average molecular weight is 240 g/mol. The van der Waals surface area contributed by atoms with Gasteiger partial charge in [-0.3, -0.25) is 4.79 Å². The van der Waals surface area contributed by atoms with Crippen molar-refractivity contribution in [2.75, 3.05) is 13.2 Å². The first kappa shape index (κ1) is 14.7. The van der Waals surface area contributed by atoms with Gasteiger partial charge in [-0.05, 0) is 25.7 Å². The number of rotatable bonds is 10. The van der Waals surface area contributed by atoms with Crippen molar-refractivity contribution >= 4 is 5.78 Å². The van der Waals surface area contributed by atoms with E-state index in [-0.39, 0.29) is 0 Å². The van der Waals surface area contributed by atoms with Crippen LogP contribution in [0.25, 0.3) is 0 Å². The lowest BCUT2D eigenvalue weighted by Gasteiger charge is -2.08. The van der Waals surface area contributed by atoms with Crippen molar-refractivity contribution in [3.63, 3.8) is 0 Å². The molecule has 0 bridgehead atoms. The van der Waals surface area contributed by atoms with Crippen molar-refractivity contribution in [1.82, 2.24) is 0 Å². The molecule has 0 spiro atoms. The zero-order valence-electron chi connectivity index (χ0n) is 11.4. The highest BCUT2D eigenvalue weighted by atomic mass is 16.5. The second kappa shape index (κ2) is 9.64. The third kappa shape index (κ3) is 6.82. The second-order valence-electron chi connectivity index (χ2n) is 5.22. The van der Waals surface area contributed by atoms with E-state index < -0.39 is 0 Å². The minimum Gasteiger partial charge on any atom is -0.381 e. The summed E-state index contributed by atoms with van der Waals surface area (Å²) in [6.45, 7) is 3.91. The molecule has 0 N–H and O–H groups in total. The largest absolute Gasteiger partial charge is 0.381 e. The summed E-state index contributed by atoms with van der Waals surface area (Å²) in [6.07, 6.45) is 11.8. The van der Waals surface area contributed by atoms with Crippen molar-refractivity contribution in [1.29, 1.82) is 0 Å². The summed E-state index contributed by atoms with van der Waals surface area (Å²) in [5.41, 5.74) is 0. The maximum atomic E-state index is 11.4. The molecule has 1 rings (SSSR count). The Bertz CT molecular complexity index is 201. The van der Waals surface area contributed by atoms with Gasteiger partial charge in [0, 0.05) is 25.6 Å². The molecule has 0 heterocycles. The molecule has 1 unspecified atom stereocenters. The van der Waals surface area contributed by atoms with E-state index in [2.05, 4.69) is 6.92 Å². The Labute approximate surface area is 106 Å². The maximum Gasteiger partial charge on any atom is 0.136 e. The van der Waals surface area contributed by atoms with Crippen LogP contribution in [0.1, 0.15) is 71.1 Å². The van der Waals surface area contributed by atoms with Crippen LogP contribution in [0.2, 0.25) is 0 Å². The quantitative estimate of drug-likeness (QED) is 0.537. The number of Topliss-reactive ketones (excluding diaryl/α,β-unsaturated/α-hetero) is 1. The van der Waals surface area contributed by atoms with E-state index in [9.17, 15) is 4.79 Å². The third-order valence-electron chi connectivity index (χ3n) is 3.68. The number of carbonyl (C=O) groups is 1. The van der Waals surface area contributed by atoms with Crippen molar-refractivity contribution in [2.45, 2.75) is 71.1 Å². The average Bonchev–Trinajstić information content (AvgIpc) is 2.73. The molecule has 2 heteroatoms. The third-order valence-corrected chi connectivity index (χ3v) is 3.68. The fraction of sp³-hybridized carbons (Fsp3) is 0.933. The number of hydrogen-bond acceptors (Lipinski definition) is 2. The van der Waals surface area contributed by atoms with Gasteiger partial charge in [0.25, 0.3) is 0 Å². The van der Waals surface area contributed by atoms with Crippen LogP contribution in [0.4, 0.5) is 0 Å². The second-order valence-corrected chi connectivity index (χ2v) is 5.22. The Kier molecular flexibility index (Phi) is 8.33. The fourth-order valence-electron chi connectivity index (χ4n) is 2.51. The van der Waals surface area contributed by atoms with E-state index in [0.717, 1.165) is 38.9 Å². The summed E-state index contributed by atoms with van der Waals surface area (Å²) in [5, 5.41) is 0. The molecule has 0 amide bonds. The highest BCUT2D eigenvalue weighted by Gasteiger charge is 2.23. The molecule has 0 aliphatic heterocycles. The minimum atomic E-state index is 0.319. The van der Waals surface area contributed by atoms with Gasteiger partial charge < -0.3 is 4.74 Å². The van der Waals surface area contributed by atoms with E-state index in [1.54, 1.807) is 0 Å². The lowest BCUT2D eigenvalue weighted by molar-refractivity contribution is -0.121. The molecule has 2 nitrogen and oxygen atoms in total. The van der Waals surface area contributed by atoms with Crippen LogP contribution in [0.5, 0.6) is 0 Å². The van der Waals surface area contributed by atoms with Crippen LogP contribution < -0.4 is 0 Å². The van der Waals surface area contributed by atoms with Gasteiger partial charge in [0.15, 0.2) is 0 Å². The zero-order chi connectivity index (χ0) is 12.3. The molecule has 100 valence electrons. The van der Waals surface area contributed by atoms with E-state index >= 15 is 0 Å². The summed E-state index contributed by atoms with van der Waals surface area (Å²) in [4.78, 5) is 11.4. The predicted octanol–water partition coefficient (Wildman–Crippen LogP) is 4.12. The molecule has 0 aromatic rings. The molecular weight excluding hydrogens is 212 g/mol. The van der Waals surface area contributed by atoms with Crippen LogP contribution in [-0.4, -0.2) is 19.0 Å². The van der Waals surface area contributed by atoms with Crippen LogP contribution in [-0.2, 0) is 9.53 Å². The van der Waals surface area contributed by atoms with Gasteiger partial charge in [-0.25, -0.2) is 0 Å². The lowest BCUT2D eigenvalue weighted by atomic mass is 10.0. The Balaban J connectivity index is 1.80. The van der Waals surface area contributed by atoms with Crippen LogP contribution in [0, 0.1) is 5.92 Å². The van der Waals surface area contributed by atoms with Gasteiger partial charge in [-0.1, -0.05) is 39.0 Å². The molecule has 0 aromatic carbocycles. The molecule has 1 atom stereocenters. The molecule has 1 fully saturated rings. The highest BCUT2D eigenvalue weighted by Crippen LogP contribution is 2.24. The molecule has 0 saturated heterocycles. The van der Waals surface area contributed by atoms with Gasteiger partial charge in [-0.15, -0.1) is 0 Å². The topological polar surface area (TPSA) is 26.3 Å². The van der Waals surface area contributed by atoms with Crippen molar-refractivity contribution in [3.05, 3.63) is 0 Å². The van der Waals surface area contributed by atoms with Gasteiger partial charge in [0.05, 0.1) is 0 Å². The summed E-state index contributed by atoms with van der Waals surface area (Å²) < 4.78 is 5.60. The van der Waals surface area contributed by atoms with Gasteiger partial charge in [-0.2, -0.15) is 0 Å². The van der Waals surface area contributed by atoms with Crippen LogP contribution in [0.3, 0.4) is 0 Å². The Morgan fingerprint density at radius 2 is 1.88 bits per heavy atom. The van der Waals surface area contributed by atoms with Crippen LogP contribution in [0.15, 0.2) is 0 Å². The zero-order valence-corrected chi connectivity index (χ0v) is 11.4. The minimum absolute atomic E-state index is 0.319. The fourth-order valence-corrected chi connectivity index (χ4v) is 2.51. The predicted molar refractivity (Wildman–Crippen MR) is 71.2 cm³/mol. The maximum absolute atomic E-state index is 11.4. The number of carbonyl (C=O) groups excluding carboxylic acids is 1.